The summed E-state index contributed by atoms with van der Waals surface area (Å²) < 4.78 is 5.22. The van der Waals surface area contributed by atoms with Gasteiger partial charge in [0.05, 0.1) is 12.7 Å². The Morgan fingerprint density at radius 2 is 1.94 bits per heavy atom. The predicted octanol–water partition coefficient (Wildman–Crippen LogP) is 4.14. The van der Waals surface area contributed by atoms with Crippen molar-refractivity contribution in [2.24, 2.45) is 0 Å². The minimum absolute atomic E-state index is 0.535. The van der Waals surface area contributed by atoms with E-state index in [-0.39, 0.29) is 0 Å². The topological polar surface area (TPSA) is 26.3 Å². The maximum Gasteiger partial charge on any atom is 0.153 e. The van der Waals surface area contributed by atoms with Crippen LogP contribution in [-0.4, -0.2) is 13.4 Å². The number of carbonyl (C=O) groups excluding carboxylic acids is 1. The highest BCUT2D eigenvalue weighted by molar-refractivity contribution is 6.33. The molecule has 0 bridgehead atoms. The van der Waals surface area contributed by atoms with Gasteiger partial charge in [-0.05, 0) is 36.2 Å². The summed E-state index contributed by atoms with van der Waals surface area (Å²) >= 11 is 6.16. The first-order valence-electron chi connectivity index (χ1n) is 5.56. The molecule has 0 saturated carbocycles. The molecule has 0 saturated heterocycles. The van der Waals surface area contributed by atoms with Crippen molar-refractivity contribution < 1.29 is 9.53 Å². The summed E-state index contributed by atoms with van der Waals surface area (Å²) in [7, 11) is 1.56. The molecule has 2 aromatic rings. The lowest BCUT2D eigenvalue weighted by Gasteiger charge is -2.11. The van der Waals surface area contributed by atoms with E-state index in [1.165, 1.54) is 0 Å². The number of methoxy groups -OCH3 is 1. The van der Waals surface area contributed by atoms with Gasteiger partial charge in [-0.15, -0.1) is 0 Å². The molecule has 0 unspecified atom stereocenters. The number of aryl methyl sites for hydroxylation is 1. The smallest absolute Gasteiger partial charge is 0.153 e. The van der Waals surface area contributed by atoms with Gasteiger partial charge in [0.2, 0.25) is 0 Å². The Morgan fingerprint density at radius 3 is 2.56 bits per heavy atom. The molecule has 0 aliphatic carbocycles. The molecular weight excluding hydrogens is 248 g/mol. The number of hydrogen-bond donors (Lipinski definition) is 0. The molecule has 18 heavy (non-hydrogen) atoms. The van der Waals surface area contributed by atoms with E-state index in [0.717, 1.165) is 23.0 Å². The van der Waals surface area contributed by atoms with Crippen LogP contribution in [0.4, 0.5) is 0 Å². The van der Waals surface area contributed by atoms with E-state index >= 15 is 0 Å². The average molecular weight is 261 g/mol. The molecule has 0 fully saturated rings. The highest BCUT2D eigenvalue weighted by atomic mass is 35.5. The zero-order valence-electron chi connectivity index (χ0n) is 10.2. The van der Waals surface area contributed by atoms with Gasteiger partial charge >= 0.3 is 0 Å². The Kier molecular flexibility index (Phi) is 3.68. The second-order valence-electron chi connectivity index (χ2n) is 4.01. The maximum atomic E-state index is 11.1. The molecule has 92 valence electrons. The van der Waals surface area contributed by atoms with Gasteiger partial charge in [-0.2, -0.15) is 0 Å². The Morgan fingerprint density at radius 1 is 1.22 bits per heavy atom. The molecule has 0 spiro atoms. The third-order valence-electron chi connectivity index (χ3n) is 2.82. The largest absolute Gasteiger partial charge is 0.496 e. The Hall–Kier alpha value is -1.80. The molecule has 2 rings (SSSR count). The fraction of sp³-hybridized carbons (Fsp3) is 0.133. The number of ether oxygens (including phenoxy) is 1. The van der Waals surface area contributed by atoms with Crippen LogP contribution >= 0.6 is 11.6 Å². The fourth-order valence-electron chi connectivity index (χ4n) is 2.02. The molecule has 0 atom stereocenters. The van der Waals surface area contributed by atoms with Gasteiger partial charge in [0.1, 0.15) is 5.75 Å². The summed E-state index contributed by atoms with van der Waals surface area (Å²) in [4.78, 5) is 11.1. The standard InChI is InChI=1S/C15H13ClO2/c1-10-7-11(8-12(9-17)15(10)18-2)13-5-3-4-6-14(13)16/h3-9H,1-2H3. The van der Waals surface area contributed by atoms with Gasteiger partial charge in [0.25, 0.3) is 0 Å². The average Bonchev–Trinajstić information content (AvgIpc) is 2.38. The minimum Gasteiger partial charge on any atom is -0.496 e. The molecule has 0 heterocycles. The summed E-state index contributed by atoms with van der Waals surface area (Å²) in [6.07, 6.45) is 0.798. The van der Waals surface area contributed by atoms with Crippen LogP contribution in [0, 0.1) is 6.92 Å². The number of halogens is 1. The number of hydrogen-bond acceptors (Lipinski definition) is 2. The molecule has 2 aromatic carbocycles. The number of carbonyl (C=O) groups is 1. The molecule has 0 radical (unpaired) electrons. The first-order chi connectivity index (χ1) is 8.67. The number of rotatable bonds is 3. The normalized spacial score (nSPS) is 10.2. The molecule has 2 nitrogen and oxygen atoms in total. The van der Waals surface area contributed by atoms with Crippen molar-refractivity contribution in [1.29, 1.82) is 0 Å². The fourth-order valence-corrected chi connectivity index (χ4v) is 2.26. The lowest BCUT2D eigenvalue weighted by atomic mass is 9.99. The van der Waals surface area contributed by atoms with Crippen LogP contribution in [0.2, 0.25) is 5.02 Å². The van der Waals surface area contributed by atoms with Crippen molar-refractivity contribution >= 4 is 17.9 Å². The van der Waals surface area contributed by atoms with Crippen molar-refractivity contribution in [1.82, 2.24) is 0 Å². The van der Waals surface area contributed by atoms with E-state index in [1.54, 1.807) is 13.2 Å². The summed E-state index contributed by atoms with van der Waals surface area (Å²) in [5.74, 6) is 0.612. The lowest BCUT2D eigenvalue weighted by Crippen LogP contribution is -1.95. The van der Waals surface area contributed by atoms with Crippen molar-refractivity contribution in [3.05, 3.63) is 52.5 Å². The van der Waals surface area contributed by atoms with Crippen molar-refractivity contribution in [2.45, 2.75) is 6.92 Å². The molecule has 0 aliphatic heterocycles. The van der Waals surface area contributed by atoms with Gasteiger partial charge in [0, 0.05) is 10.6 Å². The maximum absolute atomic E-state index is 11.1. The third-order valence-corrected chi connectivity index (χ3v) is 3.15. The molecule has 0 aliphatic rings. The van der Waals surface area contributed by atoms with Crippen LogP contribution in [0.15, 0.2) is 36.4 Å². The third kappa shape index (κ3) is 2.24. The summed E-state index contributed by atoms with van der Waals surface area (Å²) in [5, 5.41) is 0.666. The van der Waals surface area contributed by atoms with Crippen LogP contribution in [0.1, 0.15) is 15.9 Å². The van der Waals surface area contributed by atoms with Gasteiger partial charge in [-0.3, -0.25) is 4.79 Å². The minimum atomic E-state index is 0.535. The van der Waals surface area contributed by atoms with Crippen LogP contribution in [-0.2, 0) is 0 Å². The Balaban J connectivity index is 2.64. The van der Waals surface area contributed by atoms with Gasteiger partial charge in [-0.25, -0.2) is 0 Å². The van der Waals surface area contributed by atoms with Crippen LogP contribution < -0.4 is 4.74 Å². The van der Waals surface area contributed by atoms with Crippen molar-refractivity contribution in [3.63, 3.8) is 0 Å². The number of aldehydes is 1. The van der Waals surface area contributed by atoms with Crippen LogP contribution in [0.25, 0.3) is 11.1 Å². The molecule has 0 aromatic heterocycles. The van der Waals surface area contributed by atoms with E-state index in [1.807, 2.05) is 37.3 Å². The monoisotopic (exact) mass is 260 g/mol. The molecule has 0 amide bonds. The van der Waals surface area contributed by atoms with Crippen molar-refractivity contribution in [2.75, 3.05) is 7.11 Å². The second kappa shape index (κ2) is 5.23. The first-order valence-corrected chi connectivity index (χ1v) is 5.94. The van der Waals surface area contributed by atoms with Gasteiger partial charge < -0.3 is 4.74 Å². The SMILES string of the molecule is COc1c(C)cc(-c2ccccc2Cl)cc1C=O. The summed E-state index contributed by atoms with van der Waals surface area (Å²) in [6.45, 7) is 1.91. The summed E-state index contributed by atoms with van der Waals surface area (Å²) in [6, 6.07) is 11.3. The van der Waals surface area contributed by atoms with Gasteiger partial charge in [0.15, 0.2) is 6.29 Å². The quantitative estimate of drug-likeness (QED) is 0.776. The van der Waals surface area contributed by atoms with E-state index in [4.69, 9.17) is 16.3 Å². The van der Waals surface area contributed by atoms with Crippen LogP contribution in [0.5, 0.6) is 5.75 Å². The highest BCUT2D eigenvalue weighted by Crippen LogP contribution is 2.33. The Bertz CT molecular complexity index is 591. The van der Waals surface area contributed by atoms with E-state index in [0.29, 0.717) is 16.3 Å². The van der Waals surface area contributed by atoms with Crippen molar-refractivity contribution in [3.8, 4) is 16.9 Å². The van der Waals surface area contributed by atoms with E-state index < -0.39 is 0 Å². The van der Waals surface area contributed by atoms with E-state index in [2.05, 4.69) is 0 Å². The van der Waals surface area contributed by atoms with E-state index in [9.17, 15) is 4.79 Å². The molecular formula is C15H13ClO2. The highest BCUT2D eigenvalue weighted by Gasteiger charge is 2.10. The lowest BCUT2D eigenvalue weighted by molar-refractivity contribution is 0.112. The Labute approximate surface area is 111 Å². The first kappa shape index (κ1) is 12.7. The predicted molar refractivity (Wildman–Crippen MR) is 73.6 cm³/mol. The summed E-state index contributed by atoms with van der Waals surface area (Å²) in [5.41, 5.74) is 3.28. The zero-order valence-corrected chi connectivity index (χ0v) is 11.0. The van der Waals surface area contributed by atoms with Gasteiger partial charge in [-0.1, -0.05) is 29.8 Å². The second-order valence-corrected chi connectivity index (χ2v) is 4.42. The van der Waals surface area contributed by atoms with Crippen LogP contribution in [0.3, 0.4) is 0 Å². The zero-order chi connectivity index (χ0) is 13.1. The molecule has 0 N–H and O–H groups in total. The molecule has 3 heteroatoms. The number of benzene rings is 2.